The maximum Gasteiger partial charge on any atom is 0.329 e. The van der Waals surface area contributed by atoms with Crippen molar-refractivity contribution in [2.75, 3.05) is 6.54 Å². The molecular formula is C16H22N2O3. The number of carbonyl (C=O) groups excluding carboxylic acids is 1. The van der Waals surface area contributed by atoms with E-state index in [0.29, 0.717) is 32.2 Å². The van der Waals surface area contributed by atoms with E-state index in [1.807, 2.05) is 37.3 Å². The fourth-order valence-corrected chi connectivity index (χ4v) is 3.10. The zero-order valence-corrected chi connectivity index (χ0v) is 12.3. The van der Waals surface area contributed by atoms with Gasteiger partial charge in [-0.2, -0.15) is 0 Å². The van der Waals surface area contributed by atoms with Gasteiger partial charge in [-0.1, -0.05) is 37.3 Å². The minimum absolute atomic E-state index is 0.263. The van der Waals surface area contributed by atoms with Crippen LogP contribution in [0.5, 0.6) is 0 Å². The number of hydrogen-bond acceptors (Lipinski definition) is 3. The smallest absolute Gasteiger partial charge is 0.329 e. The van der Waals surface area contributed by atoms with Crippen molar-refractivity contribution in [1.29, 1.82) is 0 Å². The van der Waals surface area contributed by atoms with Crippen LogP contribution >= 0.6 is 0 Å². The number of hydrogen-bond donors (Lipinski definition) is 2. The van der Waals surface area contributed by atoms with Crippen LogP contribution in [-0.2, 0) is 16.0 Å². The highest BCUT2D eigenvalue weighted by atomic mass is 16.4. The number of aliphatic carboxylic acids is 1. The lowest BCUT2D eigenvalue weighted by Crippen LogP contribution is -2.57. The van der Waals surface area contributed by atoms with Gasteiger partial charge in [0.25, 0.3) is 0 Å². The number of likely N-dealkylation sites (tertiary alicyclic amines) is 1. The predicted molar refractivity (Wildman–Crippen MR) is 79.7 cm³/mol. The number of nitrogens with two attached hydrogens (primary N) is 1. The average molecular weight is 290 g/mol. The Morgan fingerprint density at radius 2 is 2.05 bits per heavy atom. The maximum absolute atomic E-state index is 12.6. The van der Waals surface area contributed by atoms with E-state index in [1.165, 1.54) is 4.90 Å². The van der Waals surface area contributed by atoms with E-state index in [1.54, 1.807) is 0 Å². The van der Waals surface area contributed by atoms with Crippen molar-refractivity contribution in [2.45, 2.75) is 44.2 Å². The van der Waals surface area contributed by atoms with Crippen molar-refractivity contribution in [2.24, 2.45) is 5.73 Å². The van der Waals surface area contributed by atoms with Crippen LogP contribution in [0.25, 0.3) is 0 Å². The molecule has 1 fully saturated rings. The van der Waals surface area contributed by atoms with Gasteiger partial charge in [0.1, 0.15) is 5.54 Å². The lowest BCUT2D eigenvalue weighted by atomic mass is 9.92. The Labute approximate surface area is 124 Å². The molecule has 0 radical (unpaired) electrons. The fraction of sp³-hybridized carbons (Fsp3) is 0.500. The number of nitrogens with zero attached hydrogens (tertiary/aromatic N) is 1. The van der Waals surface area contributed by atoms with E-state index < -0.39 is 17.6 Å². The van der Waals surface area contributed by atoms with Gasteiger partial charge in [-0.05, 0) is 31.2 Å². The lowest BCUT2D eigenvalue weighted by molar-refractivity contribution is -0.157. The summed E-state index contributed by atoms with van der Waals surface area (Å²) in [5, 5.41) is 9.52. The molecule has 114 valence electrons. The Morgan fingerprint density at radius 3 is 2.62 bits per heavy atom. The topological polar surface area (TPSA) is 83.6 Å². The largest absolute Gasteiger partial charge is 0.479 e. The number of amides is 1. The van der Waals surface area contributed by atoms with E-state index in [0.717, 1.165) is 5.56 Å². The average Bonchev–Trinajstić information content (AvgIpc) is 2.92. The molecule has 1 heterocycles. The third-order valence-corrected chi connectivity index (χ3v) is 4.35. The zero-order valence-electron chi connectivity index (χ0n) is 12.3. The van der Waals surface area contributed by atoms with Crippen LogP contribution in [0.4, 0.5) is 0 Å². The molecular weight excluding hydrogens is 268 g/mol. The molecule has 5 heteroatoms. The minimum Gasteiger partial charge on any atom is -0.479 e. The first-order chi connectivity index (χ1) is 10.0. The second-order valence-electron chi connectivity index (χ2n) is 5.58. The summed E-state index contributed by atoms with van der Waals surface area (Å²) in [6.07, 6.45) is 2.05. The fourth-order valence-electron chi connectivity index (χ4n) is 3.10. The maximum atomic E-state index is 12.6. The Kier molecular flexibility index (Phi) is 4.63. The molecule has 1 aliphatic heterocycles. The van der Waals surface area contributed by atoms with Gasteiger partial charge in [0.2, 0.25) is 5.91 Å². The molecule has 1 aliphatic rings. The van der Waals surface area contributed by atoms with Crippen molar-refractivity contribution in [3.05, 3.63) is 35.9 Å². The van der Waals surface area contributed by atoms with Crippen LogP contribution in [0.3, 0.4) is 0 Å². The van der Waals surface area contributed by atoms with Crippen LogP contribution in [0.15, 0.2) is 30.3 Å². The molecule has 2 atom stereocenters. The number of carboxylic acids is 1. The number of carbonyl (C=O) groups is 2. The molecule has 5 nitrogen and oxygen atoms in total. The summed E-state index contributed by atoms with van der Waals surface area (Å²) in [7, 11) is 0. The molecule has 1 amide bonds. The third-order valence-electron chi connectivity index (χ3n) is 4.35. The summed E-state index contributed by atoms with van der Waals surface area (Å²) >= 11 is 0. The molecule has 1 saturated heterocycles. The molecule has 0 spiro atoms. The van der Waals surface area contributed by atoms with Crippen LogP contribution in [0.2, 0.25) is 0 Å². The molecule has 0 bridgehead atoms. The van der Waals surface area contributed by atoms with Crippen molar-refractivity contribution in [1.82, 2.24) is 4.90 Å². The highest BCUT2D eigenvalue weighted by molar-refractivity contribution is 5.90. The van der Waals surface area contributed by atoms with E-state index in [-0.39, 0.29) is 5.91 Å². The van der Waals surface area contributed by atoms with Crippen molar-refractivity contribution < 1.29 is 14.7 Å². The van der Waals surface area contributed by atoms with E-state index in [2.05, 4.69) is 0 Å². The van der Waals surface area contributed by atoms with Crippen LogP contribution in [0.1, 0.15) is 31.7 Å². The molecule has 0 aromatic heterocycles. The standard InChI is InChI=1S/C16H22N2O3/c1-2-16(15(20)21)9-6-10-18(16)14(19)13(17)11-12-7-4-3-5-8-12/h3-5,7-8,13H,2,6,9-11,17H2,1H3,(H,20,21)/t13-,16?/m0/s1. The SMILES string of the molecule is CCC1(C(=O)O)CCCN1C(=O)[C@@H](N)Cc1ccccc1. The van der Waals surface area contributed by atoms with Gasteiger partial charge in [-0.3, -0.25) is 4.79 Å². The van der Waals surface area contributed by atoms with Crippen LogP contribution < -0.4 is 5.73 Å². The molecule has 0 aliphatic carbocycles. The van der Waals surface area contributed by atoms with Crippen molar-refractivity contribution in [3.8, 4) is 0 Å². The summed E-state index contributed by atoms with van der Waals surface area (Å²) in [6, 6.07) is 8.84. The first kappa shape index (κ1) is 15.5. The summed E-state index contributed by atoms with van der Waals surface area (Å²) in [6.45, 7) is 2.28. The Morgan fingerprint density at radius 1 is 1.38 bits per heavy atom. The molecule has 1 unspecified atom stereocenters. The first-order valence-electron chi connectivity index (χ1n) is 7.35. The lowest BCUT2D eigenvalue weighted by Gasteiger charge is -2.35. The highest BCUT2D eigenvalue weighted by Gasteiger charge is 2.49. The summed E-state index contributed by atoms with van der Waals surface area (Å²) in [4.78, 5) is 25.7. The highest BCUT2D eigenvalue weighted by Crippen LogP contribution is 2.33. The van der Waals surface area contributed by atoms with Crippen molar-refractivity contribution >= 4 is 11.9 Å². The van der Waals surface area contributed by atoms with Crippen molar-refractivity contribution in [3.63, 3.8) is 0 Å². The van der Waals surface area contributed by atoms with Crippen LogP contribution in [-0.4, -0.2) is 40.0 Å². The van der Waals surface area contributed by atoms with Gasteiger partial charge in [0.15, 0.2) is 0 Å². The minimum atomic E-state index is -1.08. The predicted octanol–water partition coefficient (Wildman–Crippen LogP) is 1.41. The molecule has 3 N–H and O–H groups in total. The molecule has 1 aromatic rings. The van der Waals surface area contributed by atoms with Gasteiger partial charge < -0.3 is 15.7 Å². The van der Waals surface area contributed by atoms with Gasteiger partial charge >= 0.3 is 5.97 Å². The Bertz CT molecular complexity index is 518. The quantitative estimate of drug-likeness (QED) is 0.859. The summed E-state index contributed by atoms with van der Waals surface area (Å²) in [5.74, 6) is -1.19. The van der Waals surface area contributed by atoms with E-state index >= 15 is 0 Å². The normalized spacial score (nSPS) is 23.0. The summed E-state index contributed by atoms with van der Waals surface area (Å²) < 4.78 is 0. The second-order valence-corrected chi connectivity index (χ2v) is 5.58. The summed E-state index contributed by atoms with van der Waals surface area (Å²) in [5.41, 5.74) is 5.92. The second kappa shape index (κ2) is 6.26. The number of rotatable bonds is 5. The van der Waals surface area contributed by atoms with E-state index in [9.17, 15) is 14.7 Å². The Balaban J connectivity index is 2.13. The molecule has 0 saturated carbocycles. The molecule has 1 aromatic carbocycles. The first-order valence-corrected chi connectivity index (χ1v) is 7.35. The van der Waals surface area contributed by atoms with Gasteiger partial charge in [0.05, 0.1) is 6.04 Å². The molecule has 2 rings (SSSR count). The Hall–Kier alpha value is -1.88. The third kappa shape index (κ3) is 2.93. The van der Waals surface area contributed by atoms with E-state index in [4.69, 9.17) is 5.73 Å². The van der Waals surface area contributed by atoms with Gasteiger partial charge in [-0.15, -0.1) is 0 Å². The van der Waals surface area contributed by atoms with Crippen LogP contribution in [0, 0.1) is 0 Å². The number of carboxylic acid groups (broad SMARTS) is 1. The zero-order chi connectivity index (χ0) is 15.5. The van der Waals surface area contributed by atoms with Gasteiger partial charge in [-0.25, -0.2) is 4.79 Å². The van der Waals surface area contributed by atoms with Gasteiger partial charge in [0, 0.05) is 6.54 Å². The number of benzene rings is 1. The molecule has 21 heavy (non-hydrogen) atoms. The monoisotopic (exact) mass is 290 g/mol.